The second-order valence-electron chi connectivity index (χ2n) is 4.96. The SMILES string of the molecule is Cc1cccc(N2C(=O)[C@H]3N=C4SC=CN4[C@@H]3C2=O)c1. The third-order valence-electron chi connectivity index (χ3n) is 3.67. The number of anilines is 1. The average Bonchev–Trinajstić information content (AvgIpc) is 3.03. The first kappa shape index (κ1) is 11.7. The van der Waals surface area contributed by atoms with Crippen LogP contribution in [0.3, 0.4) is 0 Å². The van der Waals surface area contributed by atoms with Crippen LogP contribution in [-0.4, -0.2) is 34.0 Å². The Bertz CT molecular complexity index is 697. The molecule has 0 bridgehead atoms. The van der Waals surface area contributed by atoms with E-state index in [4.69, 9.17) is 0 Å². The van der Waals surface area contributed by atoms with Gasteiger partial charge in [0.2, 0.25) is 0 Å². The van der Waals surface area contributed by atoms with Crippen LogP contribution in [0, 0.1) is 6.92 Å². The molecule has 2 amide bonds. The second-order valence-corrected chi connectivity index (χ2v) is 5.84. The first-order valence-corrected chi connectivity index (χ1v) is 7.19. The summed E-state index contributed by atoms with van der Waals surface area (Å²) in [6.45, 7) is 1.94. The summed E-state index contributed by atoms with van der Waals surface area (Å²) in [5, 5.41) is 2.62. The number of carbonyl (C=O) groups excluding carboxylic acids is 2. The van der Waals surface area contributed by atoms with Gasteiger partial charge in [0.1, 0.15) is 6.04 Å². The van der Waals surface area contributed by atoms with Crippen LogP contribution in [0.1, 0.15) is 5.56 Å². The summed E-state index contributed by atoms with van der Waals surface area (Å²) >= 11 is 1.45. The van der Waals surface area contributed by atoms with E-state index in [-0.39, 0.29) is 11.8 Å². The molecule has 0 saturated carbocycles. The normalized spacial score (nSPS) is 27.1. The van der Waals surface area contributed by atoms with Crippen molar-refractivity contribution < 1.29 is 9.59 Å². The van der Waals surface area contributed by atoms with Gasteiger partial charge < -0.3 is 4.90 Å². The molecule has 0 aromatic heterocycles. The summed E-state index contributed by atoms with van der Waals surface area (Å²) < 4.78 is 0. The van der Waals surface area contributed by atoms with Crippen molar-refractivity contribution in [1.82, 2.24) is 4.90 Å². The molecule has 0 aliphatic carbocycles. The van der Waals surface area contributed by atoms with Crippen LogP contribution in [-0.2, 0) is 9.59 Å². The fourth-order valence-electron chi connectivity index (χ4n) is 2.77. The lowest BCUT2D eigenvalue weighted by Crippen LogP contribution is -2.39. The van der Waals surface area contributed by atoms with Gasteiger partial charge in [0.25, 0.3) is 11.8 Å². The van der Waals surface area contributed by atoms with E-state index in [9.17, 15) is 9.59 Å². The maximum Gasteiger partial charge on any atom is 0.261 e. The topological polar surface area (TPSA) is 53.0 Å². The fourth-order valence-corrected chi connectivity index (χ4v) is 3.56. The van der Waals surface area contributed by atoms with E-state index in [0.29, 0.717) is 5.69 Å². The van der Waals surface area contributed by atoms with E-state index in [2.05, 4.69) is 4.99 Å². The number of thioether (sulfide) groups is 1. The molecular weight excluding hydrogens is 274 g/mol. The van der Waals surface area contributed by atoms with Gasteiger partial charge in [-0.05, 0) is 30.0 Å². The Morgan fingerprint density at radius 2 is 2.10 bits per heavy atom. The lowest BCUT2D eigenvalue weighted by Gasteiger charge is -2.19. The van der Waals surface area contributed by atoms with Gasteiger partial charge in [-0.3, -0.25) is 9.59 Å². The number of amidine groups is 1. The van der Waals surface area contributed by atoms with Crippen molar-refractivity contribution in [2.45, 2.75) is 19.0 Å². The smallest absolute Gasteiger partial charge is 0.261 e. The molecule has 5 nitrogen and oxygen atoms in total. The highest BCUT2D eigenvalue weighted by atomic mass is 32.2. The molecule has 1 fully saturated rings. The molecule has 1 saturated heterocycles. The molecular formula is C14H11N3O2S. The lowest BCUT2D eigenvalue weighted by atomic mass is 10.2. The fraction of sp³-hybridized carbons (Fsp3) is 0.214. The summed E-state index contributed by atoms with van der Waals surface area (Å²) in [6.07, 6.45) is 1.82. The summed E-state index contributed by atoms with van der Waals surface area (Å²) in [7, 11) is 0. The van der Waals surface area contributed by atoms with Crippen molar-refractivity contribution in [1.29, 1.82) is 0 Å². The van der Waals surface area contributed by atoms with E-state index in [1.54, 1.807) is 11.0 Å². The number of fused-ring (bicyclic) bond motifs is 3. The summed E-state index contributed by atoms with van der Waals surface area (Å²) in [6, 6.07) is 6.30. The van der Waals surface area contributed by atoms with Gasteiger partial charge in [0.05, 0.1) is 5.69 Å². The minimum atomic E-state index is -0.601. The first-order chi connectivity index (χ1) is 9.66. The minimum Gasteiger partial charge on any atom is -0.312 e. The van der Waals surface area contributed by atoms with Gasteiger partial charge in [0.15, 0.2) is 11.2 Å². The Labute approximate surface area is 120 Å². The number of rotatable bonds is 1. The quantitative estimate of drug-likeness (QED) is 0.734. The zero-order chi connectivity index (χ0) is 13.9. The Kier molecular flexibility index (Phi) is 2.32. The highest BCUT2D eigenvalue weighted by molar-refractivity contribution is 8.16. The third-order valence-corrected chi connectivity index (χ3v) is 4.46. The van der Waals surface area contributed by atoms with Crippen molar-refractivity contribution in [2.75, 3.05) is 4.90 Å². The van der Waals surface area contributed by atoms with E-state index < -0.39 is 12.1 Å². The number of hydrogen-bond acceptors (Lipinski definition) is 5. The molecule has 0 N–H and O–H groups in total. The molecule has 0 radical (unpaired) electrons. The van der Waals surface area contributed by atoms with Crippen LogP contribution in [0.2, 0.25) is 0 Å². The van der Waals surface area contributed by atoms with Crippen LogP contribution in [0.25, 0.3) is 0 Å². The lowest BCUT2D eigenvalue weighted by molar-refractivity contribution is -0.122. The molecule has 3 aliphatic heterocycles. The molecule has 3 heterocycles. The van der Waals surface area contributed by atoms with E-state index >= 15 is 0 Å². The Balaban J connectivity index is 1.76. The van der Waals surface area contributed by atoms with Crippen molar-refractivity contribution in [3.05, 3.63) is 41.4 Å². The zero-order valence-corrected chi connectivity index (χ0v) is 11.5. The molecule has 6 heteroatoms. The zero-order valence-electron chi connectivity index (χ0n) is 10.7. The van der Waals surface area contributed by atoms with Crippen LogP contribution in [0.5, 0.6) is 0 Å². The van der Waals surface area contributed by atoms with E-state index in [1.807, 2.05) is 36.7 Å². The van der Waals surface area contributed by atoms with Crippen molar-refractivity contribution in [2.24, 2.45) is 4.99 Å². The standard InChI is InChI=1S/C14H11N3O2S/c1-8-3-2-4-9(7-8)17-12(18)10-11(13(17)19)16-5-6-20-14(16)15-10/h2-7,10-11H,1H3/t10-,11-/m0/s1. The monoisotopic (exact) mass is 285 g/mol. The molecule has 1 aromatic carbocycles. The van der Waals surface area contributed by atoms with Gasteiger partial charge in [-0.2, -0.15) is 0 Å². The number of aliphatic imine (C=N–C) groups is 1. The second kappa shape index (κ2) is 3.96. The third kappa shape index (κ3) is 1.42. The Morgan fingerprint density at radius 3 is 2.90 bits per heavy atom. The van der Waals surface area contributed by atoms with Crippen molar-refractivity contribution in [3.8, 4) is 0 Å². The van der Waals surface area contributed by atoms with Gasteiger partial charge in [-0.15, -0.1) is 0 Å². The largest absolute Gasteiger partial charge is 0.312 e. The van der Waals surface area contributed by atoms with Gasteiger partial charge >= 0.3 is 0 Å². The van der Waals surface area contributed by atoms with Gasteiger partial charge in [-0.25, -0.2) is 9.89 Å². The molecule has 4 rings (SSSR count). The van der Waals surface area contributed by atoms with E-state index in [1.165, 1.54) is 16.7 Å². The summed E-state index contributed by atoms with van der Waals surface area (Å²) in [4.78, 5) is 32.5. The number of nitrogens with zero attached hydrogens (tertiary/aromatic N) is 3. The predicted octanol–water partition coefficient (Wildman–Crippen LogP) is 1.50. The molecule has 1 aromatic rings. The van der Waals surface area contributed by atoms with Gasteiger partial charge in [-0.1, -0.05) is 23.9 Å². The number of hydrogen-bond donors (Lipinski definition) is 0. The molecule has 2 atom stereocenters. The number of carbonyl (C=O) groups is 2. The number of aryl methyl sites for hydroxylation is 1. The first-order valence-electron chi connectivity index (χ1n) is 6.31. The van der Waals surface area contributed by atoms with Crippen molar-refractivity contribution in [3.63, 3.8) is 0 Å². The summed E-state index contributed by atoms with van der Waals surface area (Å²) in [5.74, 6) is -0.432. The van der Waals surface area contributed by atoms with Crippen molar-refractivity contribution >= 4 is 34.4 Å². The average molecular weight is 285 g/mol. The predicted molar refractivity (Wildman–Crippen MR) is 77.3 cm³/mol. The summed E-state index contributed by atoms with van der Waals surface area (Å²) in [5.41, 5.74) is 1.64. The molecule has 0 spiro atoms. The Morgan fingerprint density at radius 1 is 1.25 bits per heavy atom. The van der Waals surface area contributed by atoms with E-state index in [0.717, 1.165) is 10.7 Å². The van der Waals surface area contributed by atoms with Crippen LogP contribution in [0.4, 0.5) is 5.69 Å². The molecule has 20 heavy (non-hydrogen) atoms. The minimum absolute atomic E-state index is 0.198. The van der Waals surface area contributed by atoms with Crippen LogP contribution >= 0.6 is 11.8 Å². The Hall–Kier alpha value is -2.08. The molecule has 100 valence electrons. The highest BCUT2D eigenvalue weighted by Gasteiger charge is 2.55. The maximum atomic E-state index is 12.6. The maximum absolute atomic E-state index is 12.6. The van der Waals surface area contributed by atoms with Crippen LogP contribution in [0.15, 0.2) is 40.9 Å². The number of imide groups is 1. The molecule has 0 unspecified atom stereocenters. The van der Waals surface area contributed by atoms with Gasteiger partial charge in [0, 0.05) is 6.20 Å². The highest BCUT2D eigenvalue weighted by Crippen LogP contribution is 2.37. The number of amides is 2. The number of benzene rings is 1. The van der Waals surface area contributed by atoms with Crippen LogP contribution < -0.4 is 4.90 Å². The molecule has 3 aliphatic rings.